The van der Waals surface area contributed by atoms with Crippen LogP contribution < -0.4 is 16.6 Å². The van der Waals surface area contributed by atoms with Crippen LogP contribution in [0.25, 0.3) is 16.6 Å². The maximum absolute atomic E-state index is 13.6. The molecule has 8 heteroatoms. The fraction of sp³-hybridized carbons (Fsp3) is 0.240. The van der Waals surface area contributed by atoms with E-state index in [-0.39, 0.29) is 23.6 Å². The van der Waals surface area contributed by atoms with Gasteiger partial charge in [-0.2, -0.15) is 0 Å². The predicted octanol–water partition coefficient (Wildman–Crippen LogP) is 4.40. The minimum Gasteiger partial charge on any atom is -0.383 e. The van der Waals surface area contributed by atoms with Gasteiger partial charge in [0.2, 0.25) is 0 Å². The van der Waals surface area contributed by atoms with Crippen molar-refractivity contribution < 1.29 is 0 Å². The second kappa shape index (κ2) is 10.0. The summed E-state index contributed by atoms with van der Waals surface area (Å²) in [6, 6.07) is 11.5. The van der Waals surface area contributed by atoms with Gasteiger partial charge in [0.15, 0.2) is 0 Å². The molecule has 170 valence electrons. The van der Waals surface area contributed by atoms with Gasteiger partial charge in [-0.15, -0.1) is 0 Å². The normalized spacial score (nSPS) is 10.5. The molecule has 4 rings (SSSR count). The number of aromatic nitrogens is 4. The molecule has 8 nitrogen and oxygen atoms in total. The topological polar surface area (TPSA) is 123 Å². The Morgan fingerprint density at radius 2 is 1.82 bits per heavy atom. The number of para-hydroxylation sites is 1. The monoisotopic (exact) mass is 443 g/mol. The SMILES string of the molecule is CC.CC(=N)c1c(N)ncnc1NCc1cc2nccc(C)c2c(=O)n1-c1ccccc1C. The van der Waals surface area contributed by atoms with Crippen LogP contribution in [0.15, 0.2) is 53.7 Å². The van der Waals surface area contributed by atoms with Crippen LogP contribution in [0.5, 0.6) is 0 Å². The summed E-state index contributed by atoms with van der Waals surface area (Å²) >= 11 is 0. The van der Waals surface area contributed by atoms with Crippen molar-refractivity contribution >= 4 is 28.3 Å². The van der Waals surface area contributed by atoms with E-state index in [1.54, 1.807) is 17.7 Å². The Labute approximate surface area is 193 Å². The first-order chi connectivity index (χ1) is 15.9. The number of nitrogens with two attached hydrogens (primary N) is 1. The summed E-state index contributed by atoms with van der Waals surface area (Å²) in [5.74, 6) is 0.679. The molecule has 0 aliphatic carbocycles. The summed E-state index contributed by atoms with van der Waals surface area (Å²) in [7, 11) is 0. The van der Waals surface area contributed by atoms with Gasteiger partial charge in [-0.25, -0.2) is 9.97 Å². The lowest BCUT2D eigenvalue weighted by Gasteiger charge is -2.18. The van der Waals surface area contributed by atoms with Crippen molar-refractivity contribution in [1.29, 1.82) is 5.41 Å². The van der Waals surface area contributed by atoms with Crippen molar-refractivity contribution in [1.82, 2.24) is 19.5 Å². The van der Waals surface area contributed by atoms with Crippen LogP contribution in [-0.2, 0) is 6.54 Å². The van der Waals surface area contributed by atoms with E-state index in [9.17, 15) is 4.79 Å². The standard InChI is InChI=1S/C23H23N7O.C2H6/c1-13-6-4-5-7-18(13)30-16(10-17-19(23(30)31)14(2)8-9-26-17)11-27-22-20(15(3)24)21(25)28-12-29-22;1-2/h4-10,12,24H,11H2,1-3H3,(H3,25,27,28,29);1-2H3. The number of nitrogens with zero attached hydrogens (tertiary/aromatic N) is 4. The Hall–Kier alpha value is -4.07. The Bertz CT molecular complexity index is 1380. The highest BCUT2D eigenvalue weighted by Crippen LogP contribution is 2.22. The van der Waals surface area contributed by atoms with Crippen LogP contribution in [0.1, 0.15) is 43.2 Å². The molecule has 4 aromatic rings. The van der Waals surface area contributed by atoms with Gasteiger partial charge in [-0.1, -0.05) is 32.0 Å². The first kappa shape index (κ1) is 23.6. The highest BCUT2D eigenvalue weighted by molar-refractivity contribution is 6.04. The van der Waals surface area contributed by atoms with Crippen molar-refractivity contribution in [3.8, 4) is 5.69 Å². The van der Waals surface area contributed by atoms with Crippen LogP contribution in [0.3, 0.4) is 0 Å². The van der Waals surface area contributed by atoms with E-state index in [2.05, 4.69) is 20.3 Å². The van der Waals surface area contributed by atoms with Crippen LogP contribution in [0.2, 0.25) is 0 Å². The molecule has 0 fully saturated rings. The van der Waals surface area contributed by atoms with E-state index in [0.29, 0.717) is 22.3 Å². The van der Waals surface area contributed by atoms with Gasteiger partial charge < -0.3 is 16.5 Å². The molecule has 4 N–H and O–H groups in total. The van der Waals surface area contributed by atoms with Gasteiger partial charge in [0.1, 0.15) is 18.0 Å². The molecule has 0 aliphatic rings. The predicted molar refractivity (Wildman–Crippen MR) is 134 cm³/mol. The first-order valence-corrected chi connectivity index (χ1v) is 10.8. The summed E-state index contributed by atoms with van der Waals surface area (Å²) in [4.78, 5) is 26.2. The zero-order chi connectivity index (χ0) is 24.1. The van der Waals surface area contributed by atoms with Crippen molar-refractivity contribution in [2.24, 2.45) is 0 Å². The van der Waals surface area contributed by atoms with Crippen molar-refractivity contribution in [3.05, 3.63) is 81.7 Å². The number of benzene rings is 1. The summed E-state index contributed by atoms with van der Waals surface area (Å²) in [5.41, 5.74) is 10.5. The fourth-order valence-electron chi connectivity index (χ4n) is 3.72. The van der Waals surface area contributed by atoms with Crippen LogP contribution in [0.4, 0.5) is 11.6 Å². The molecular weight excluding hydrogens is 414 g/mol. The number of aryl methyl sites for hydroxylation is 2. The Morgan fingerprint density at radius 3 is 2.52 bits per heavy atom. The van der Waals surface area contributed by atoms with E-state index in [4.69, 9.17) is 11.1 Å². The molecule has 0 bridgehead atoms. The van der Waals surface area contributed by atoms with Gasteiger partial charge in [0, 0.05) is 17.6 Å². The summed E-state index contributed by atoms with van der Waals surface area (Å²) in [6.07, 6.45) is 3.05. The molecule has 0 atom stereocenters. The van der Waals surface area contributed by atoms with Gasteiger partial charge in [0.05, 0.1) is 28.7 Å². The van der Waals surface area contributed by atoms with E-state index >= 15 is 0 Å². The molecule has 33 heavy (non-hydrogen) atoms. The summed E-state index contributed by atoms with van der Waals surface area (Å²) in [5, 5.41) is 11.8. The molecule has 0 amide bonds. The summed E-state index contributed by atoms with van der Waals surface area (Å²) in [6.45, 7) is 9.80. The van der Waals surface area contributed by atoms with Gasteiger partial charge >= 0.3 is 0 Å². The van der Waals surface area contributed by atoms with Crippen molar-refractivity contribution in [2.45, 2.75) is 41.2 Å². The molecule has 0 radical (unpaired) electrons. The molecule has 3 heterocycles. The first-order valence-electron chi connectivity index (χ1n) is 10.8. The highest BCUT2D eigenvalue weighted by atomic mass is 16.1. The second-order valence-electron chi connectivity index (χ2n) is 7.41. The number of pyridine rings is 2. The van der Waals surface area contributed by atoms with Crippen LogP contribution in [0, 0.1) is 19.3 Å². The third kappa shape index (κ3) is 4.59. The number of nitrogen functional groups attached to an aromatic ring is 1. The molecule has 0 aliphatic heterocycles. The van der Waals surface area contributed by atoms with E-state index < -0.39 is 0 Å². The van der Waals surface area contributed by atoms with Crippen LogP contribution in [-0.4, -0.2) is 25.2 Å². The molecular formula is C25H29N7O. The van der Waals surface area contributed by atoms with Gasteiger partial charge in [-0.05, 0) is 50.1 Å². The number of anilines is 2. The van der Waals surface area contributed by atoms with E-state index in [1.807, 2.05) is 64.1 Å². The minimum absolute atomic E-state index is 0.125. The third-order valence-corrected chi connectivity index (χ3v) is 5.24. The van der Waals surface area contributed by atoms with Crippen LogP contribution >= 0.6 is 0 Å². The zero-order valence-corrected chi connectivity index (χ0v) is 19.6. The molecule has 0 saturated heterocycles. The average molecular weight is 444 g/mol. The number of hydrogen-bond donors (Lipinski definition) is 3. The Morgan fingerprint density at radius 1 is 1.09 bits per heavy atom. The zero-order valence-electron chi connectivity index (χ0n) is 19.6. The molecule has 0 unspecified atom stereocenters. The molecule has 0 saturated carbocycles. The highest BCUT2D eigenvalue weighted by Gasteiger charge is 2.16. The average Bonchev–Trinajstić information content (AvgIpc) is 2.79. The lowest BCUT2D eigenvalue weighted by atomic mass is 10.1. The number of nitrogens with one attached hydrogen (secondary N) is 2. The lowest BCUT2D eigenvalue weighted by molar-refractivity contribution is 0.881. The number of rotatable bonds is 5. The van der Waals surface area contributed by atoms with Gasteiger partial charge in [0.25, 0.3) is 5.56 Å². The smallest absolute Gasteiger partial charge is 0.265 e. The maximum Gasteiger partial charge on any atom is 0.265 e. The minimum atomic E-state index is -0.125. The molecule has 3 aromatic heterocycles. The lowest BCUT2D eigenvalue weighted by Crippen LogP contribution is -2.25. The Balaban J connectivity index is 0.00000149. The van der Waals surface area contributed by atoms with E-state index in [1.165, 1.54) is 6.33 Å². The third-order valence-electron chi connectivity index (χ3n) is 5.24. The van der Waals surface area contributed by atoms with Crippen molar-refractivity contribution in [2.75, 3.05) is 11.1 Å². The second-order valence-corrected chi connectivity index (χ2v) is 7.41. The number of fused-ring (bicyclic) bond motifs is 1. The van der Waals surface area contributed by atoms with E-state index in [0.717, 1.165) is 22.5 Å². The Kier molecular flexibility index (Phi) is 7.17. The van der Waals surface area contributed by atoms with Gasteiger partial charge in [-0.3, -0.25) is 14.3 Å². The summed E-state index contributed by atoms with van der Waals surface area (Å²) < 4.78 is 1.71. The molecule has 0 spiro atoms. The molecule has 1 aromatic carbocycles. The quantitative estimate of drug-likeness (QED) is 0.393. The maximum atomic E-state index is 13.6. The largest absolute Gasteiger partial charge is 0.383 e. The fourth-order valence-corrected chi connectivity index (χ4v) is 3.72. The van der Waals surface area contributed by atoms with Crippen molar-refractivity contribution in [3.63, 3.8) is 0 Å². The number of hydrogen-bond acceptors (Lipinski definition) is 7.